The molecule has 0 bridgehead atoms. The van der Waals surface area contributed by atoms with Gasteiger partial charge in [0.2, 0.25) is 0 Å². The van der Waals surface area contributed by atoms with Crippen LogP contribution in [-0.2, 0) is 6.16 Å². The Morgan fingerprint density at radius 1 is 0.375 bits per heavy atom. The number of hydrogen-bond acceptors (Lipinski definition) is 0. The van der Waals surface area contributed by atoms with Crippen molar-refractivity contribution < 1.29 is 0 Å². The van der Waals surface area contributed by atoms with Crippen LogP contribution >= 0.6 is 5.51 Å². The first-order chi connectivity index (χ1) is 19.7. The van der Waals surface area contributed by atoms with Crippen molar-refractivity contribution in [2.75, 3.05) is 0 Å². The Bertz CT molecular complexity index is 1560. The molecule has 0 unspecified atom stereocenters. The first kappa shape index (κ1) is 26.6. The molecule has 6 aromatic rings. The quantitative estimate of drug-likeness (QED) is 0.165. The van der Waals surface area contributed by atoms with Gasteiger partial charge in [0, 0.05) is 0 Å². The molecular weight excluding hydrogens is 565 g/mol. The van der Waals surface area contributed by atoms with Gasteiger partial charge in [-0.05, 0) is 0 Å². The molecule has 194 valence electrons. The summed E-state index contributed by atoms with van der Waals surface area (Å²) in [5.74, 6) is 0. The molecule has 0 aromatic heterocycles. The number of benzene rings is 6. The standard InChI is InChI=1S/C37H31BPSe/c40-39(36-22-12-4-13-23-36,37-24-14-5-15-25-37)30-31-26-28-35(29-27-31)38(32-16-6-1-7-17-32,33-18-8-2-9-19-33)34-20-10-3-11-21-34/h1-29H,30H2/q-1. The molecule has 0 radical (unpaired) electrons. The zero-order valence-electron chi connectivity index (χ0n) is 22.4. The fourth-order valence-electron chi connectivity index (χ4n) is 6.22. The average molecular weight is 596 g/mol. The molecule has 0 atom stereocenters. The second kappa shape index (κ2) is 11.8. The van der Waals surface area contributed by atoms with Crippen LogP contribution in [0.5, 0.6) is 0 Å². The molecule has 0 saturated carbocycles. The molecule has 3 heteroatoms. The summed E-state index contributed by atoms with van der Waals surface area (Å²) >= 11 is 3.71. The van der Waals surface area contributed by atoms with Gasteiger partial charge in [-0.25, -0.2) is 0 Å². The molecule has 0 saturated heterocycles. The van der Waals surface area contributed by atoms with Gasteiger partial charge in [-0.3, -0.25) is 0 Å². The van der Waals surface area contributed by atoms with E-state index in [1.807, 2.05) is 0 Å². The van der Waals surface area contributed by atoms with E-state index in [2.05, 4.69) is 191 Å². The van der Waals surface area contributed by atoms with Crippen LogP contribution in [-0.4, -0.2) is 21.2 Å². The summed E-state index contributed by atoms with van der Waals surface area (Å²) in [5.41, 5.74) is 4.91. The Balaban J connectivity index is 1.50. The average Bonchev–Trinajstić information content (AvgIpc) is 3.04. The van der Waals surface area contributed by atoms with Crippen molar-refractivity contribution in [1.29, 1.82) is 0 Å². The molecule has 0 aliphatic heterocycles. The van der Waals surface area contributed by atoms with Gasteiger partial charge in [0.05, 0.1) is 0 Å². The first-order valence-corrected chi connectivity index (χ1v) is 18.0. The number of rotatable bonds is 8. The maximum atomic E-state index is 3.71. The van der Waals surface area contributed by atoms with Crippen molar-refractivity contribution in [2.45, 2.75) is 6.16 Å². The minimum absolute atomic E-state index is 0.976. The third-order valence-electron chi connectivity index (χ3n) is 8.13. The van der Waals surface area contributed by atoms with E-state index >= 15 is 0 Å². The Morgan fingerprint density at radius 2 is 0.675 bits per heavy atom. The summed E-state index contributed by atoms with van der Waals surface area (Å²) in [6.45, 7) is 0. The predicted octanol–water partition coefficient (Wildman–Crippen LogP) is 5.32. The second-order valence-electron chi connectivity index (χ2n) is 10.4. The fraction of sp³-hybridized carbons (Fsp3) is 0.0270. The molecule has 40 heavy (non-hydrogen) atoms. The molecule has 0 amide bonds. The van der Waals surface area contributed by atoms with Gasteiger partial charge in [-0.15, -0.1) is 0 Å². The van der Waals surface area contributed by atoms with Gasteiger partial charge >= 0.3 is 247 Å². The van der Waals surface area contributed by atoms with Crippen molar-refractivity contribution in [3.8, 4) is 0 Å². The zero-order valence-corrected chi connectivity index (χ0v) is 25.0. The van der Waals surface area contributed by atoms with Crippen LogP contribution < -0.4 is 32.5 Å². The van der Waals surface area contributed by atoms with Crippen LogP contribution in [0.3, 0.4) is 0 Å². The van der Waals surface area contributed by atoms with Gasteiger partial charge in [0.25, 0.3) is 0 Å². The van der Waals surface area contributed by atoms with Gasteiger partial charge < -0.3 is 0 Å². The Hall–Kier alpha value is -3.67. The van der Waals surface area contributed by atoms with Crippen LogP contribution in [0.15, 0.2) is 176 Å². The molecule has 0 aliphatic carbocycles. The Kier molecular flexibility index (Phi) is 7.85. The third kappa shape index (κ3) is 5.00. The van der Waals surface area contributed by atoms with Crippen molar-refractivity contribution >= 4 is 59.2 Å². The summed E-state index contributed by atoms with van der Waals surface area (Å²) in [5, 5.41) is 2.78. The van der Waals surface area contributed by atoms with E-state index in [1.54, 1.807) is 0 Å². The summed E-state index contributed by atoms with van der Waals surface area (Å²) in [6, 6.07) is 64.5. The normalized spacial score (nSPS) is 11.7. The van der Waals surface area contributed by atoms with Gasteiger partial charge in [0.15, 0.2) is 0 Å². The molecule has 0 spiro atoms. The SMILES string of the molecule is [Se]=P(Cc1ccc([B-](c2ccccc2)(c2ccccc2)c2ccccc2)cc1)(c1ccccc1)c1ccccc1. The van der Waals surface area contributed by atoms with Gasteiger partial charge in [0.1, 0.15) is 0 Å². The van der Waals surface area contributed by atoms with E-state index in [1.165, 1.54) is 38.0 Å². The van der Waals surface area contributed by atoms with Crippen molar-refractivity contribution in [2.24, 2.45) is 0 Å². The molecule has 0 N–H and O–H groups in total. The monoisotopic (exact) mass is 597 g/mol. The van der Waals surface area contributed by atoms with E-state index in [-0.39, 0.29) is 0 Å². The van der Waals surface area contributed by atoms with Crippen molar-refractivity contribution in [3.05, 3.63) is 181 Å². The summed E-state index contributed by atoms with van der Waals surface area (Å²) < 4.78 is 0. The topological polar surface area (TPSA) is 0 Å². The van der Waals surface area contributed by atoms with Gasteiger partial charge in [-0.1, -0.05) is 0 Å². The second-order valence-corrected chi connectivity index (χ2v) is 17.2. The van der Waals surface area contributed by atoms with Crippen LogP contribution in [0.2, 0.25) is 0 Å². The van der Waals surface area contributed by atoms with Crippen LogP contribution in [0, 0.1) is 0 Å². The van der Waals surface area contributed by atoms with E-state index < -0.39 is 11.7 Å². The van der Waals surface area contributed by atoms with Crippen molar-refractivity contribution in [3.63, 3.8) is 0 Å². The molecule has 0 aliphatic rings. The fourth-order valence-corrected chi connectivity index (χ4v) is 11.4. The third-order valence-corrected chi connectivity index (χ3v) is 14.7. The molecule has 6 rings (SSSR count). The van der Waals surface area contributed by atoms with Crippen LogP contribution in [0.25, 0.3) is 0 Å². The molecule has 0 fully saturated rings. The van der Waals surface area contributed by atoms with Gasteiger partial charge in [-0.2, -0.15) is 0 Å². The molecular formula is C37H31BPSe-. The Morgan fingerprint density at radius 3 is 1.02 bits per heavy atom. The minimum atomic E-state index is -1.75. The summed E-state index contributed by atoms with van der Waals surface area (Å²) in [6.07, 6.45) is -0.387. The predicted molar refractivity (Wildman–Crippen MR) is 179 cm³/mol. The molecule has 0 nitrogen and oxygen atoms in total. The van der Waals surface area contributed by atoms with Crippen LogP contribution in [0.1, 0.15) is 5.56 Å². The van der Waals surface area contributed by atoms with Crippen LogP contribution in [0.4, 0.5) is 0 Å². The number of hydrogen-bond donors (Lipinski definition) is 0. The van der Waals surface area contributed by atoms with Crippen molar-refractivity contribution in [1.82, 2.24) is 0 Å². The van der Waals surface area contributed by atoms with E-state index in [0.29, 0.717) is 0 Å². The molecule has 0 heterocycles. The van der Waals surface area contributed by atoms with E-state index in [9.17, 15) is 0 Å². The molecule has 6 aromatic carbocycles. The zero-order chi connectivity index (χ0) is 27.3. The summed E-state index contributed by atoms with van der Waals surface area (Å²) in [4.78, 5) is 0. The maximum absolute atomic E-state index is 3.71. The summed E-state index contributed by atoms with van der Waals surface area (Å²) in [7, 11) is 0. The van der Waals surface area contributed by atoms with E-state index in [0.717, 1.165) is 6.16 Å². The van der Waals surface area contributed by atoms with E-state index in [4.69, 9.17) is 0 Å². The first-order valence-electron chi connectivity index (χ1n) is 13.8. The Labute approximate surface area is 245 Å².